The lowest BCUT2D eigenvalue weighted by Crippen LogP contribution is -3.18. The Bertz CT molecular complexity index is 817. The van der Waals surface area contributed by atoms with E-state index in [1.165, 1.54) is 4.90 Å². The molecule has 0 bridgehead atoms. The van der Waals surface area contributed by atoms with Gasteiger partial charge in [-0.1, -0.05) is 0 Å². The molecule has 1 amide bonds. The van der Waals surface area contributed by atoms with Gasteiger partial charge in [0.25, 0.3) is 0 Å². The number of piperazine rings is 1. The van der Waals surface area contributed by atoms with Crippen molar-refractivity contribution in [1.29, 1.82) is 0 Å². The first-order valence-corrected chi connectivity index (χ1v) is 9.92. The number of carbonyl (C=O) groups is 2. The number of carbonyl (C=O) groups excluding carboxylic acids is 2. The van der Waals surface area contributed by atoms with Gasteiger partial charge < -0.3 is 18.6 Å². The van der Waals surface area contributed by atoms with Gasteiger partial charge in [-0.3, -0.25) is 9.69 Å². The number of furan rings is 1. The lowest BCUT2D eigenvalue weighted by Gasteiger charge is -2.34. The first-order valence-electron chi connectivity index (χ1n) is 9.92. The molecule has 28 heavy (non-hydrogen) atoms. The predicted molar refractivity (Wildman–Crippen MR) is 105 cm³/mol. The maximum absolute atomic E-state index is 13.2. The van der Waals surface area contributed by atoms with Crippen molar-refractivity contribution in [1.82, 2.24) is 9.47 Å². The molecule has 1 atom stereocenters. The summed E-state index contributed by atoms with van der Waals surface area (Å²) in [7, 11) is 0. The number of hydrogen-bond donors (Lipinski definition) is 1. The van der Waals surface area contributed by atoms with Crippen molar-refractivity contribution in [3.8, 4) is 0 Å². The quantitative estimate of drug-likeness (QED) is 0.765. The van der Waals surface area contributed by atoms with Crippen LogP contribution >= 0.6 is 0 Å². The summed E-state index contributed by atoms with van der Waals surface area (Å²) in [5.74, 6) is 1.02. The van der Waals surface area contributed by atoms with Crippen LogP contribution in [0.25, 0.3) is 0 Å². The van der Waals surface area contributed by atoms with Crippen LogP contribution < -0.4 is 4.90 Å². The second-order valence-corrected chi connectivity index (χ2v) is 7.38. The molecule has 2 aromatic rings. The molecule has 7 heteroatoms. The molecule has 3 rings (SSSR count). The number of nitrogens with zero attached hydrogens (tertiary/aromatic N) is 2. The molecule has 152 valence electrons. The highest BCUT2D eigenvalue weighted by atomic mass is 16.6. The van der Waals surface area contributed by atoms with Crippen molar-refractivity contribution in [3.63, 3.8) is 0 Å². The number of aryl methyl sites for hydroxylation is 1. The number of Topliss-reactive ketones (excluding diaryl/α,β-unsaturated/α-hetero) is 1. The van der Waals surface area contributed by atoms with Gasteiger partial charge >= 0.3 is 6.09 Å². The number of quaternary nitrogens is 1. The van der Waals surface area contributed by atoms with E-state index in [4.69, 9.17) is 9.15 Å². The van der Waals surface area contributed by atoms with Crippen LogP contribution in [0, 0.1) is 13.8 Å². The number of hydrogen-bond acceptors (Lipinski definition) is 4. The summed E-state index contributed by atoms with van der Waals surface area (Å²) >= 11 is 0. The Hall–Kier alpha value is -2.54. The van der Waals surface area contributed by atoms with Gasteiger partial charge in [0.15, 0.2) is 0 Å². The average molecular weight is 388 g/mol. The summed E-state index contributed by atoms with van der Waals surface area (Å²) in [6, 6.07) is 5.64. The van der Waals surface area contributed by atoms with Crippen LogP contribution in [-0.4, -0.2) is 60.2 Å². The number of amides is 1. The highest BCUT2D eigenvalue weighted by Gasteiger charge is 2.33. The zero-order valence-corrected chi connectivity index (χ0v) is 17.2. The number of nitrogens with one attached hydrogen (secondary N) is 1. The van der Waals surface area contributed by atoms with Gasteiger partial charge in [0.05, 0.1) is 45.6 Å². The third-order valence-electron chi connectivity index (χ3n) is 5.67. The third kappa shape index (κ3) is 4.14. The second kappa shape index (κ2) is 8.65. The van der Waals surface area contributed by atoms with E-state index in [1.807, 2.05) is 45.9 Å². The van der Waals surface area contributed by atoms with E-state index in [1.54, 1.807) is 11.2 Å². The van der Waals surface area contributed by atoms with E-state index < -0.39 is 0 Å². The van der Waals surface area contributed by atoms with E-state index in [-0.39, 0.29) is 17.9 Å². The van der Waals surface area contributed by atoms with Gasteiger partial charge in [-0.25, -0.2) is 4.79 Å². The van der Waals surface area contributed by atoms with Crippen LogP contribution in [0.15, 0.2) is 28.9 Å². The molecule has 0 radical (unpaired) electrons. The Morgan fingerprint density at radius 2 is 2.00 bits per heavy atom. The summed E-state index contributed by atoms with van der Waals surface area (Å²) in [5.41, 5.74) is 2.79. The average Bonchev–Trinajstić information content (AvgIpc) is 3.31. The minimum Gasteiger partial charge on any atom is -0.467 e. The lowest BCUT2D eigenvalue weighted by atomic mass is 10.0. The number of ketones is 1. The van der Waals surface area contributed by atoms with Crippen molar-refractivity contribution in [3.05, 3.63) is 47.2 Å². The molecule has 0 spiro atoms. The van der Waals surface area contributed by atoms with Crippen LogP contribution in [0.3, 0.4) is 0 Å². The third-order valence-corrected chi connectivity index (χ3v) is 5.67. The number of ether oxygens (including phenoxy) is 1. The van der Waals surface area contributed by atoms with Crippen molar-refractivity contribution < 1.29 is 23.6 Å². The zero-order valence-electron chi connectivity index (χ0n) is 17.2. The molecule has 1 aliphatic heterocycles. The Morgan fingerprint density at radius 3 is 2.61 bits per heavy atom. The van der Waals surface area contributed by atoms with Crippen LogP contribution in [-0.2, 0) is 11.3 Å². The minimum absolute atomic E-state index is 0.151. The fraction of sp³-hybridized carbons (Fsp3) is 0.524. The highest BCUT2D eigenvalue weighted by molar-refractivity contribution is 6.00. The van der Waals surface area contributed by atoms with E-state index in [0.717, 1.165) is 35.8 Å². The topological polar surface area (TPSA) is 69.1 Å². The summed E-state index contributed by atoms with van der Waals surface area (Å²) < 4.78 is 12.6. The Kier molecular flexibility index (Phi) is 6.24. The highest BCUT2D eigenvalue weighted by Crippen LogP contribution is 2.18. The standard InChI is InChI=1S/C21H29N3O4/c1-5-27-21(26)23-10-8-22(9-11-23)17(4)20(25)19-13-15(2)24(16(19)3)14-18-7-6-12-28-18/h6-7,12-13,17H,5,8-11,14H2,1-4H3/p+1/t17-/m0/s1. The lowest BCUT2D eigenvalue weighted by molar-refractivity contribution is -0.917. The van der Waals surface area contributed by atoms with E-state index in [0.29, 0.717) is 26.2 Å². The summed E-state index contributed by atoms with van der Waals surface area (Å²) in [6.45, 7) is 11.5. The molecule has 1 fully saturated rings. The molecule has 0 aromatic carbocycles. The summed E-state index contributed by atoms with van der Waals surface area (Å²) in [5, 5.41) is 0. The van der Waals surface area contributed by atoms with Crippen molar-refractivity contribution in [2.45, 2.75) is 40.3 Å². The normalized spacial score (nSPS) is 16.2. The first-order chi connectivity index (χ1) is 13.4. The molecule has 0 saturated carbocycles. The fourth-order valence-corrected chi connectivity index (χ4v) is 3.90. The molecule has 1 saturated heterocycles. The number of aromatic nitrogens is 1. The molecule has 7 nitrogen and oxygen atoms in total. The van der Waals surface area contributed by atoms with E-state index >= 15 is 0 Å². The monoisotopic (exact) mass is 388 g/mol. The van der Waals surface area contributed by atoms with Gasteiger partial charge in [-0.15, -0.1) is 0 Å². The first kappa shape index (κ1) is 20.2. The summed E-state index contributed by atoms with van der Waals surface area (Å²) in [6.07, 6.45) is 1.40. The minimum atomic E-state index is -0.262. The number of rotatable bonds is 6. The van der Waals surface area contributed by atoms with Crippen LogP contribution in [0.4, 0.5) is 4.79 Å². The summed E-state index contributed by atoms with van der Waals surface area (Å²) in [4.78, 5) is 28.0. The molecular formula is C21H30N3O4+. The van der Waals surface area contributed by atoms with Gasteiger partial charge in [0.2, 0.25) is 5.78 Å². The molecule has 3 heterocycles. The fourth-order valence-electron chi connectivity index (χ4n) is 3.90. The maximum Gasteiger partial charge on any atom is 0.410 e. The van der Waals surface area contributed by atoms with Crippen molar-refractivity contribution in [2.75, 3.05) is 32.8 Å². The van der Waals surface area contributed by atoms with Crippen molar-refractivity contribution >= 4 is 11.9 Å². The Balaban J connectivity index is 1.66. The van der Waals surface area contributed by atoms with Gasteiger partial charge in [0, 0.05) is 17.0 Å². The molecular weight excluding hydrogens is 358 g/mol. The predicted octanol–water partition coefficient (Wildman–Crippen LogP) is 1.67. The SMILES string of the molecule is CCOC(=O)N1CC[NH+]([C@@H](C)C(=O)c2cc(C)n(Cc3ccco3)c2C)CC1. The zero-order chi connectivity index (χ0) is 20.3. The van der Waals surface area contributed by atoms with Crippen LogP contribution in [0.1, 0.15) is 41.4 Å². The van der Waals surface area contributed by atoms with Crippen LogP contribution in [0.5, 0.6) is 0 Å². The van der Waals surface area contributed by atoms with Crippen molar-refractivity contribution in [2.24, 2.45) is 0 Å². The van der Waals surface area contributed by atoms with Gasteiger partial charge in [-0.05, 0) is 45.9 Å². The molecule has 2 aromatic heterocycles. The van der Waals surface area contributed by atoms with Gasteiger partial charge in [-0.2, -0.15) is 0 Å². The molecule has 0 unspecified atom stereocenters. The van der Waals surface area contributed by atoms with Gasteiger partial charge in [0.1, 0.15) is 11.8 Å². The van der Waals surface area contributed by atoms with E-state index in [2.05, 4.69) is 4.57 Å². The maximum atomic E-state index is 13.2. The largest absolute Gasteiger partial charge is 0.467 e. The van der Waals surface area contributed by atoms with Crippen LogP contribution in [0.2, 0.25) is 0 Å². The van der Waals surface area contributed by atoms with E-state index in [9.17, 15) is 9.59 Å². The molecule has 0 aliphatic carbocycles. The Labute approximate surface area is 165 Å². The smallest absolute Gasteiger partial charge is 0.410 e. The molecule has 1 aliphatic rings. The molecule has 1 N–H and O–H groups in total. The Morgan fingerprint density at radius 1 is 1.29 bits per heavy atom. The second-order valence-electron chi connectivity index (χ2n) is 7.38.